The van der Waals surface area contributed by atoms with Gasteiger partial charge >= 0.3 is 6.18 Å². The van der Waals surface area contributed by atoms with Gasteiger partial charge in [0.1, 0.15) is 6.33 Å². The lowest BCUT2D eigenvalue weighted by atomic mass is 10.1. The van der Waals surface area contributed by atoms with Gasteiger partial charge in [-0.15, -0.1) is 0 Å². The first-order valence-electron chi connectivity index (χ1n) is 4.50. The summed E-state index contributed by atoms with van der Waals surface area (Å²) in [6.07, 6.45) is -3.35. The third-order valence-corrected chi connectivity index (χ3v) is 1.88. The lowest BCUT2D eigenvalue weighted by molar-refractivity contribution is -0.136. The third kappa shape index (κ3) is 4.73. The van der Waals surface area contributed by atoms with E-state index in [4.69, 9.17) is 0 Å². The number of hydrogen-bond acceptors (Lipinski definition) is 3. The molecule has 1 N–H and O–H groups in total. The van der Waals surface area contributed by atoms with E-state index in [0.29, 0.717) is 5.69 Å². The highest BCUT2D eigenvalue weighted by Crippen LogP contribution is 2.25. The van der Waals surface area contributed by atoms with Crippen molar-refractivity contribution in [1.29, 1.82) is 0 Å². The average Bonchev–Trinajstić information content (AvgIpc) is 2.17. The van der Waals surface area contributed by atoms with E-state index in [-0.39, 0.29) is 12.8 Å². The van der Waals surface area contributed by atoms with E-state index in [1.54, 1.807) is 0 Å². The highest BCUT2D eigenvalue weighted by molar-refractivity contribution is 5.01. The first kappa shape index (κ1) is 11.9. The maximum Gasteiger partial charge on any atom is 0.389 e. The van der Waals surface area contributed by atoms with Crippen LogP contribution in [0, 0.1) is 0 Å². The number of aromatic nitrogens is 2. The second kappa shape index (κ2) is 5.06. The number of nitrogens with zero attached hydrogens (tertiary/aromatic N) is 2. The normalized spacial score (nSPS) is 13.9. The standard InChI is InChI=1S/C9H11F3N2O/c10-9(11,12)4-1-2-8(15)7-3-5-13-6-14-7/h3,5-6,8,15H,1-2,4H2. The molecule has 0 aliphatic heterocycles. The second-order valence-electron chi connectivity index (χ2n) is 3.16. The van der Waals surface area contributed by atoms with Crippen molar-refractivity contribution in [2.45, 2.75) is 31.5 Å². The van der Waals surface area contributed by atoms with Gasteiger partial charge < -0.3 is 5.11 Å². The van der Waals surface area contributed by atoms with Crippen molar-refractivity contribution in [2.24, 2.45) is 0 Å². The molecule has 1 aromatic heterocycles. The predicted molar refractivity (Wildman–Crippen MR) is 46.9 cm³/mol. The van der Waals surface area contributed by atoms with Crippen LogP contribution in [0.25, 0.3) is 0 Å². The molecule has 0 radical (unpaired) electrons. The molecule has 15 heavy (non-hydrogen) atoms. The van der Waals surface area contributed by atoms with Crippen molar-refractivity contribution in [3.05, 3.63) is 24.3 Å². The Labute approximate surface area is 85.0 Å². The van der Waals surface area contributed by atoms with E-state index in [2.05, 4.69) is 9.97 Å². The van der Waals surface area contributed by atoms with Crippen LogP contribution < -0.4 is 0 Å². The monoisotopic (exact) mass is 220 g/mol. The predicted octanol–water partition coefficient (Wildman–Crippen LogP) is 2.24. The van der Waals surface area contributed by atoms with Crippen LogP contribution in [0.4, 0.5) is 13.2 Å². The number of hydrogen-bond donors (Lipinski definition) is 1. The molecule has 6 heteroatoms. The molecule has 1 heterocycles. The molecule has 1 atom stereocenters. The second-order valence-corrected chi connectivity index (χ2v) is 3.16. The smallest absolute Gasteiger partial charge is 0.387 e. The van der Waals surface area contributed by atoms with Crippen LogP contribution in [0.2, 0.25) is 0 Å². The van der Waals surface area contributed by atoms with Gasteiger partial charge in [-0.05, 0) is 18.9 Å². The summed E-state index contributed by atoms with van der Waals surface area (Å²) in [5, 5.41) is 9.46. The van der Waals surface area contributed by atoms with Gasteiger partial charge in [0.05, 0.1) is 11.8 Å². The Balaban J connectivity index is 2.34. The first-order valence-corrected chi connectivity index (χ1v) is 4.50. The van der Waals surface area contributed by atoms with Gasteiger partial charge in [0, 0.05) is 12.6 Å². The maximum atomic E-state index is 11.8. The van der Waals surface area contributed by atoms with Crippen LogP contribution in [-0.4, -0.2) is 21.3 Å². The van der Waals surface area contributed by atoms with Crippen LogP contribution in [0.1, 0.15) is 31.1 Å². The number of aliphatic hydroxyl groups is 1. The topological polar surface area (TPSA) is 46.0 Å². The Morgan fingerprint density at radius 3 is 2.67 bits per heavy atom. The molecule has 0 saturated carbocycles. The van der Waals surface area contributed by atoms with Crippen molar-refractivity contribution < 1.29 is 18.3 Å². The highest BCUT2D eigenvalue weighted by atomic mass is 19.4. The molecule has 3 nitrogen and oxygen atoms in total. The fraction of sp³-hybridized carbons (Fsp3) is 0.556. The Kier molecular flexibility index (Phi) is 4.02. The zero-order chi connectivity index (χ0) is 11.3. The number of alkyl halides is 3. The van der Waals surface area contributed by atoms with Gasteiger partial charge in [-0.1, -0.05) is 0 Å². The fourth-order valence-electron chi connectivity index (χ4n) is 1.14. The van der Waals surface area contributed by atoms with E-state index in [1.807, 2.05) is 0 Å². The zero-order valence-corrected chi connectivity index (χ0v) is 7.91. The maximum absolute atomic E-state index is 11.8. The molecule has 1 rings (SSSR count). The Bertz CT molecular complexity index is 289. The third-order valence-electron chi connectivity index (χ3n) is 1.88. The van der Waals surface area contributed by atoms with E-state index < -0.39 is 18.7 Å². The van der Waals surface area contributed by atoms with Crippen molar-refractivity contribution in [1.82, 2.24) is 9.97 Å². The molecule has 0 saturated heterocycles. The molecule has 0 aromatic carbocycles. The van der Waals surface area contributed by atoms with Gasteiger partial charge in [-0.25, -0.2) is 9.97 Å². The van der Waals surface area contributed by atoms with Crippen molar-refractivity contribution in [3.63, 3.8) is 0 Å². The van der Waals surface area contributed by atoms with E-state index in [0.717, 1.165) is 0 Å². The summed E-state index contributed by atoms with van der Waals surface area (Å²) in [5.41, 5.74) is 0.354. The van der Waals surface area contributed by atoms with Crippen LogP contribution >= 0.6 is 0 Å². The molecular weight excluding hydrogens is 209 g/mol. The minimum atomic E-state index is -4.16. The molecular formula is C9H11F3N2O. The summed E-state index contributed by atoms with van der Waals surface area (Å²) in [6, 6.07) is 1.48. The molecule has 0 amide bonds. The lowest BCUT2D eigenvalue weighted by Crippen LogP contribution is -2.08. The summed E-state index contributed by atoms with van der Waals surface area (Å²) < 4.78 is 35.4. The SMILES string of the molecule is OC(CCCC(F)(F)F)c1ccncn1. The summed E-state index contributed by atoms with van der Waals surface area (Å²) in [4.78, 5) is 7.40. The summed E-state index contributed by atoms with van der Waals surface area (Å²) in [5.74, 6) is 0. The Hall–Kier alpha value is -1.17. The van der Waals surface area contributed by atoms with Crippen LogP contribution in [-0.2, 0) is 0 Å². The van der Waals surface area contributed by atoms with E-state index >= 15 is 0 Å². The average molecular weight is 220 g/mol. The summed E-state index contributed by atoms with van der Waals surface area (Å²) >= 11 is 0. The minimum Gasteiger partial charge on any atom is -0.387 e. The largest absolute Gasteiger partial charge is 0.389 e. The highest BCUT2D eigenvalue weighted by Gasteiger charge is 2.26. The molecule has 0 aliphatic carbocycles. The van der Waals surface area contributed by atoms with Crippen molar-refractivity contribution >= 4 is 0 Å². The quantitative estimate of drug-likeness (QED) is 0.846. The zero-order valence-electron chi connectivity index (χ0n) is 7.91. The summed E-state index contributed by atoms with van der Waals surface area (Å²) in [6.45, 7) is 0. The molecule has 0 bridgehead atoms. The Morgan fingerprint density at radius 1 is 1.40 bits per heavy atom. The van der Waals surface area contributed by atoms with Gasteiger partial charge in [-0.3, -0.25) is 0 Å². The van der Waals surface area contributed by atoms with Gasteiger partial charge in [0.15, 0.2) is 0 Å². The van der Waals surface area contributed by atoms with Gasteiger partial charge in [0.25, 0.3) is 0 Å². The van der Waals surface area contributed by atoms with Crippen molar-refractivity contribution in [2.75, 3.05) is 0 Å². The molecule has 1 aromatic rings. The van der Waals surface area contributed by atoms with Crippen LogP contribution in [0.15, 0.2) is 18.6 Å². The molecule has 84 valence electrons. The molecule has 0 aliphatic rings. The van der Waals surface area contributed by atoms with Crippen LogP contribution in [0.3, 0.4) is 0 Å². The minimum absolute atomic E-state index is 0.0521. The van der Waals surface area contributed by atoms with Crippen LogP contribution in [0.5, 0.6) is 0 Å². The number of rotatable bonds is 4. The van der Waals surface area contributed by atoms with E-state index in [1.165, 1.54) is 18.6 Å². The first-order chi connectivity index (χ1) is 6.99. The van der Waals surface area contributed by atoms with Gasteiger partial charge in [-0.2, -0.15) is 13.2 Å². The molecule has 1 unspecified atom stereocenters. The number of aliphatic hydroxyl groups excluding tert-OH is 1. The lowest BCUT2D eigenvalue weighted by Gasteiger charge is -2.10. The molecule has 0 spiro atoms. The van der Waals surface area contributed by atoms with Gasteiger partial charge in [0.2, 0.25) is 0 Å². The number of halogens is 3. The Morgan fingerprint density at radius 2 is 2.13 bits per heavy atom. The summed E-state index contributed by atoms with van der Waals surface area (Å²) in [7, 11) is 0. The fourth-order valence-corrected chi connectivity index (χ4v) is 1.14. The van der Waals surface area contributed by atoms with Crippen molar-refractivity contribution in [3.8, 4) is 0 Å². The molecule has 0 fully saturated rings. The van der Waals surface area contributed by atoms with E-state index in [9.17, 15) is 18.3 Å².